The summed E-state index contributed by atoms with van der Waals surface area (Å²) < 4.78 is 0. The second kappa shape index (κ2) is 5.95. The third-order valence-electron chi connectivity index (χ3n) is 3.29. The van der Waals surface area contributed by atoms with Gasteiger partial charge >= 0.3 is 0 Å². The minimum absolute atomic E-state index is 0.371. The minimum Gasteiger partial charge on any atom is -0.367 e. The van der Waals surface area contributed by atoms with Crippen LogP contribution < -0.4 is 10.6 Å². The Kier molecular flexibility index (Phi) is 4.29. The third-order valence-corrected chi connectivity index (χ3v) is 3.29. The molecule has 1 aliphatic heterocycles. The first-order chi connectivity index (χ1) is 9.14. The number of amides is 1. The molecule has 5 nitrogen and oxygen atoms in total. The lowest BCUT2D eigenvalue weighted by Crippen LogP contribution is -2.56. The summed E-state index contributed by atoms with van der Waals surface area (Å²) in [6.07, 6.45) is 2.24. The highest BCUT2D eigenvalue weighted by Crippen LogP contribution is 2.16. The molecule has 0 aromatic heterocycles. The number of rotatable bonds is 5. The van der Waals surface area contributed by atoms with Crippen molar-refractivity contribution in [3.05, 3.63) is 35.9 Å². The van der Waals surface area contributed by atoms with Crippen molar-refractivity contribution in [2.45, 2.75) is 31.0 Å². The Morgan fingerprint density at radius 1 is 1.47 bits per heavy atom. The molecule has 0 spiro atoms. The van der Waals surface area contributed by atoms with Gasteiger partial charge < -0.3 is 15.2 Å². The molecule has 1 heterocycles. The molecule has 5 heteroatoms. The van der Waals surface area contributed by atoms with Crippen molar-refractivity contribution < 1.29 is 14.7 Å². The molecular formula is C14H18N2O3. The van der Waals surface area contributed by atoms with E-state index in [1.165, 1.54) is 0 Å². The number of hydrogen-bond donors (Lipinski definition) is 3. The molecule has 1 aliphatic rings. The molecule has 2 rings (SSSR count). The molecule has 1 aromatic carbocycles. The van der Waals surface area contributed by atoms with Crippen molar-refractivity contribution in [1.82, 2.24) is 10.6 Å². The standard InChI is InChI=1S/C14H18N2O3/c17-10-12(9-11-5-2-1-3-6-11)16-13(18)14(19)7-4-8-15-14/h1-3,5-6,10,12,15,19H,4,7-9H2,(H,16,18)/t12-,14+/m0/s1. The van der Waals surface area contributed by atoms with Crippen LogP contribution in [0.5, 0.6) is 0 Å². The Labute approximate surface area is 112 Å². The molecule has 0 unspecified atom stereocenters. The minimum atomic E-state index is -1.53. The van der Waals surface area contributed by atoms with Gasteiger partial charge in [0.15, 0.2) is 5.72 Å². The molecule has 1 amide bonds. The monoisotopic (exact) mass is 262 g/mol. The van der Waals surface area contributed by atoms with E-state index in [4.69, 9.17) is 0 Å². The summed E-state index contributed by atoms with van der Waals surface area (Å²) in [5.41, 5.74) is -0.566. The number of nitrogens with one attached hydrogen (secondary N) is 2. The van der Waals surface area contributed by atoms with E-state index in [2.05, 4.69) is 10.6 Å². The largest absolute Gasteiger partial charge is 0.367 e. The van der Waals surface area contributed by atoms with E-state index in [0.717, 1.165) is 12.0 Å². The van der Waals surface area contributed by atoms with Crippen molar-refractivity contribution in [3.8, 4) is 0 Å². The van der Waals surface area contributed by atoms with Gasteiger partial charge in [0.05, 0.1) is 6.04 Å². The summed E-state index contributed by atoms with van der Waals surface area (Å²) in [7, 11) is 0. The Hall–Kier alpha value is -1.72. The fraction of sp³-hybridized carbons (Fsp3) is 0.429. The topological polar surface area (TPSA) is 78.4 Å². The summed E-state index contributed by atoms with van der Waals surface area (Å²) in [6, 6.07) is 8.82. The Bertz CT molecular complexity index is 441. The van der Waals surface area contributed by atoms with Gasteiger partial charge in [0.1, 0.15) is 6.29 Å². The van der Waals surface area contributed by atoms with E-state index in [9.17, 15) is 14.7 Å². The number of benzene rings is 1. The third kappa shape index (κ3) is 3.39. The SMILES string of the molecule is O=C[C@H](Cc1ccccc1)NC(=O)[C@]1(O)CCCN1. The first kappa shape index (κ1) is 13.7. The van der Waals surface area contributed by atoms with Gasteiger partial charge in [0.25, 0.3) is 5.91 Å². The second-order valence-electron chi connectivity index (χ2n) is 4.80. The average Bonchev–Trinajstić information content (AvgIpc) is 2.87. The quantitative estimate of drug-likeness (QED) is 0.652. The smallest absolute Gasteiger partial charge is 0.267 e. The van der Waals surface area contributed by atoms with Gasteiger partial charge in [0, 0.05) is 6.42 Å². The molecule has 3 N–H and O–H groups in total. The Morgan fingerprint density at radius 2 is 2.21 bits per heavy atom. The van der Waals surface area contributed by atoms with E-state index < -0.39 is 17.7 Å². The highest BCUT2D eigenvalue weighted by Gasteiger charge is 2.39. The first-order valence-corrected chi connectivity index (χ1v) is 6.42. The van der Waals surface area contributed by atoms with Crippen LogP contribution in [-0.2, 0) is 16.0 Å². The summed E-state index contributed by atoms with van der Waals surface area (Å²) >= 11 is 0. The van der Waals surface area contributed by atoms with Crippen LogP contribution in [0.1, 0.15) is 18.4 Å². The van der Waals surface area contributed by atoms with E-state index >= 15 is 0 Å². The molecule has 102 valence electrons. The first-order valence-electron chi connectivity index (χ1n) is 6.42. The van der Waals surface area contributed by atoms with Crippen molar-refractivity contribution in [3.63, 3.8) is 0 Å². The molecule has 1 aromatic rings. The van der Waals surface area contributed by atoms with E-state index in [-0.39, 0.29) is 0 Å². The zero-order chi connectivity index (χ0) is 13.7. The molecule has 0 saturated carbocycles. The maximum atomic E-state index is 11.9. The maximum absolute atomic E-state index is 11.9. The number of hydrogen-bond acceptors (Lipinski definition) is 4. The van der Waals surface area contributed by atoms with Crippen LogP contribution in [0, 0.1) is 0 Å². The van der Waals surface area contributed by atoms with E-state index in [1.54, 1.807) is 0 Å². The molecule has 1 fully saturated rings. The molecule has 1 saturated heterocycles. The fourth-order valence-electron chi connectivity index (χ4n) is 2.21. The fourth-order valence-corrected chi connectivity index (χ4v) is 2.21. The predicted molar refractivity (Wildman–Crippen MR) is 70.3 cm³/mol. The van der Waals surface area contributed by atoms with Crippen LogP contribution in [0.25, 0.3) is 0 Å². The maximum Gasteiger partial charge on any atom is 0.267 e. The van der Waals surface area contributed by atoms with Crippen LogP contribution in [0.3, 0.4) is 0 Å². The second-order valence-corrected chi connectivity index (χ2v) is 4.80. The summed E-state index contributed by atoms with van der Waals surface area (Å²) in [6.45, 7) is 0.606. The van der Waals surface area contributed by atoms with Crippen LogP contribution in [-0.4, -0.2) is 35.6 Å². The summed E-state index contributed by atoms with van der Waals surface area (Å²) in [5.74, 6) is -0.530. The van der Waals surface area contributed by atoms with Gasteiger partial charge in [-0.2, -0.15) is 0 Å². The highest BCUT2D eigenvalue weighted by molar-refractivity contribution is 5.87. The van der Waals surface area contributed by atoms with E-state index in [0.29, 0.717) is 25.7 Å². The predicted octanol–water partition coefficient (Wildman–Crippen LogP) is -0.0152. The lowest BCUT2D eigenvalue weighted by atomic mass is 10.1. The molecular weight excluding hydrogens is 244 g/mol. The molecule has 0 radical (unpaired) electrons. The molecule has 0 bridgehead atoms. The van der Waals surface area contributed by atoms with Gasteiger partial charge in [-0.05, 0) is 24.9 Å². The van der Waals surface area contributed by atoms with E-state index in [1.807, 2.05) is 30.3 Å². The number of carbonyl (C=O) groups excluding carboxylic acids is 2. The zero-order valence-corrected chi connectivity index (χ0v) is 10.6. The lowest BCUT2D eigenvalue weighted by molar-refractivity contribution is -0.143. The van der Waals surface area contributed by atoms with Gasteiger partial charge in [-0.3, -0.25) is 10.1 Å². The van der Waals surface area contributed by atoms with Crippen molar-refractivity contribution in [2.75, 3.05) is 6.54 Å². The summed E-state index contributed by atoms with van der Waals surface area (Å²) in [4.78, 5) is 23.0. The Balaban J connectivity index is 1.95. The van der Waals surface area contributed by atoms with Crippen molar-refractivity contribution in [2.24, 2.45) is 0 Å². The van der Waals surface area contributed by atoms with Crippen LogP contribution in [0.2, 0.25) is 0 Å². The van der Waals surface area contributed by atoms with Crippen LogP contribution >= 0.6 is 0 Å². The highest BCUT2D eigenvalue weighted by atomic mass is 16.3. The molecule has 19 heavy (non-hydrogen) atoms. The van der Waals surface area contributed by atoms with Crippen molar-refractivity contribution in [1.29, 1.82) is 0 Å². The molecule has 0 aliphatic carbocycles. The van der Waals surface area contributed by atoms with Gasteiger partial charge in [-0.25, -0.2) is 0 Å². The van der Waals surface area contributed by atoms with Crippen molar-refractivity contribution >= 4 is 12.2 Å². The van der Waals surface area contributed by atoms with Crippen LogP contribution in [0.4, 0.5) is 0 Å². The molecule has 2 atom stereocenters. The normalized spacial score (nSPS) is 23.8. The Morgan fingerprint density at radius 3 is 2.79 bits per heavy atom. The van der Waals surface area contributed by atoms with Gasteiger partial charge in [-0.15, -0.1) is 0 Å². The van der Waals surface area contributed by atoms with Gasteiger partial charge in [-0.1, -0.05) is 30.3 Å². The van der Waals surface area contributed by atoms with Crippen LogP contribution in [0.15, 0.2) is 30.3 Å². The number of aliphatic hydroxyl groups is 1. The summed E-state index contributed by atoms with van der Waals surface area (Å²) in [5, 5.41) is 15.4. The average molecular weight is 262 g/mol. The number of carbonyl (C=O) groups is 2. The van der Waals surface area contributed by atoms with Gasteiger partial charge in [0.2, 0.25) is 0 Å². The number of aldehydes is 1. The zero-order valence-electron chi connectivity index (χ0n) is 10.6. The lowest BCUT2D eigenvalue weighted by Gasteiger charge is -2.23.